The maximum absolute atomic E-state index is 12.7. The third-order valence-electron chi connectivity index (χ3n) is 6.18. The summed E-state index contributed by atoms with van der Waals surface area (Å²) in [5, 5.41) is 13.5. The van der Waals surface area contributed by atoms with Crippen molar-refractivity contribution in [1.29, 1.82) is 5.26 Å². The van der Waals surface area contributed by atoms with E-state index in [-0.39, 0.29) is 22.0 Å². The van der Waals surface area contributed by atoms with Gasteiger partial charge in [-0.2, -0.15) is 5.26 Å². The first-order valence-corrected chi connectivity index (χ1v) is 8.72. The predicted octanol–water partition coefficient (Wildman–Crippen LogP) is 1.89. The zero-order chi connectivity index (χ0) is 18.0. The van der Waals surface area contributed by atoms with Gasteiger partial charge in [0.25, 0.3) is 5.56 Å². The SMILES string of the molecule is Cn1c(=O)c(C#N)c(N2C[C@]3(C)CNC[C@]3(C)C2)c2nc(Cl)ccc21. The molecule has 0 aliphatic carbocycles. The van der Waals surface area contributed by atoms with Gasteiger partial charge in [0.1, 0.15) is 22.3 Å². The number of nitriles is 1. The molecule has 130 valence electrons. The largest absolute Gasteiger partial charge is 0.367 e. The molecular weight excluding hydrogens is 338 g/mol. The van der Waals surface area contributed by atoms with Crippen molar-refractivity contribution in [3.63, 3.8) is 0 Å². The Bertz CT molecular complexity index is 976. The fraction of sp³-hybridized carbons (Fsp3) is 0.500. The van der Waals surface area contributed by atoms with E-state index in [1.165, 1.54) is 4.57 Å². The molecule has 2 saturated heterocycles. The van der Waals surface area contributed by atoms with Gasteiger partial charge >= 0.3 is 0 Å². The molecule has 7 heteroatoms. The third-order valence-corrected chi connectivity index (χ3v) is 6.39. The van der Waals surface area contributed by atoms with Crippen molar-refractivity contribution in [3.8, 4) is 6.07 Å². The summed E-state index contributed by atoms with van der Waals surface area (Å²) >= 11 is 6.13. The minimum atomic E-state index is -0.292. The van der Waals surface area contributed by atoms with E-state index in [1.54, 1.807) is 19.2 Å². The van der Waals surface area contributed by atoms with Gasteiger partial charge in [0, 0.05) is 44.1 Å². The van der Waals surface area contributed by atoms with Crippen molar-refractivity contribution >= 4 is 28.3 Å². The number of nitrogens with one attached hydrogen (secondary N) is 1. The summed E-state index contributed by atoms with van der Waals surface area (Å²) < 4.78 is 1.47. The smallest absolute Gasteiger partial charge is 0.270 e. The third kappa shape index (κ3) is 2.12. The van der Waals surface area contributed by atoms with Crippen LogP contribution in [0.1, 0.15) is 19.4 Å². The lowest BCUT2D eigenvalue weighted by Gasteiger charge is -2.30. The zero-order valence-electron chi connectivity index (χ0n) is 14.6. The molecular formula is C18H20ClN5O. The first kappa shape index (κ1) is 16.4. The number of halogens is 1. The lowest BCUT2D eigenvalue weighted by atomic mass is 9.71. The van der Waals surface area contributed by atoms with Crippen LogP contribution in [0.15, 0.2) is 16.9 Å². The highest BCUT2D eigenvalue weighted by Gasteiger charge is 2.55. The van der Waals surface area contributed by atoms with E-state index in [1.807, 2.05) is 0 Å². The molecule has 4 heterocycles. The normalized spacial score (nSPS) is 28.4. The lowest BCUT2D eigenvalue weighted by Crippen LogP contribution is -2.34. The van der Waals surface area contributed by atoms with Crippen LogP contribution in [0.4, 0.5) is 5.69 Å². The first-order valence-electron chi connectivity index (χ1n) is 8.35. The second-order valence-corrected chi connectivity index (χ2v) is 8.17. The zero-order valence-corrected chi connectivity index (χ0v) is 15.3. The van der Waals surface area contributed by atoms with Crippen molar-refractivity contribution in [2.45, 2.75) is 13.8 Å². The molecule has 0 spiro atoms. The summed E-state index contributed by atoms with van der Waals surface area (Å²) in [4.78, 5) is 19.3. The number of rotatable bonds is 1. The van der Waals surface area contributed by atoms with E-state index < -0.39 is 0 Å². The summed E-state index contributed by atoms with van der Waals surface area (Å²) in [5.41, 5.74) is 1.96. The summed E-state index contributed by atoms with van der Waals surface area (Å²) in [6, 6.07) is 5.57. The molecule has 2 aromatic heterocycles. The molecule has 0 aromatic carbocycles. The molecule has 4 rings (SSSR count). The first-order chi connectivity index (χ1) is 11.8. The van der Waals surface area contributed by atoms with Crippen LogP contribution in [0, 0.1) is 22.2 Å². The van der Waals surface area contributed by atoms with Crippen LogP contribution >= 0.6 is 11.6 Å². The number of aromatic nitrogens is 2. The van der Waals surface area contributed by atoms with E-state index in [0.29, 0.717) is 21.9 Å². The number of anilines is 1. The molecule has 0 bridgehead atoms. The van der Waals surface area contributed by atoms with Crippen molar-refractivity contribution in [1.82, 2.24) is 14.9 Å². The van der Waals surface area contributed by atoms with Crippen LogP contribution in [0.5, 0.6) is 0 Å². The Labute approximate surface area is 151 Å². The van der Waals surface area contributed by atoms with E-state index in [4.69, 9.17) is 11.6 Å². The van der Waals surface area contributed by atoms with Gasteiger partial charge in [-0.15, -0.1) is 0 Å². The summed E-state index contributed by atoms with van der Waals surface area (Å²) in [7, 11) is 1.66. The van der Waals surface area contributed by atoms with Crippen LogP contribution in [-0.4, -0.2) is 35.7 Å². The minimum absolute atomic E-state index is 0.0890. The molecule has 0 saturated carbocycles. The summed E-state index contributed by atoms with van der Waals surface area (Å²) in [6.45, 7) is 7.95. The maximum Gasteiger partial charge on any atom is 0.270 e. The number of nitrogens with zero attached hydrogens (tertiary/aromatic N) is 4. The topological polar surface area (TPSA) is 74.0 Å². The molecule has 1 N–H and O–H groups in total. The summed E-state index contributed by atoms with van der Waals surface area (Å²) in [6.07, 6.45) is 0. The van der Waals surface area contributed by atoms with E-state index >= 15 is 0 Å². The van der Waals surface area contributed by atoms with Gasteiger partial charge in [-0.1, -0.05) is 25.4 Å². The average molecular weight is 358 g/mol. The molecule has 0 amide bonds. The van der Waals surface area contributed by atoms with Crippen molar-refractivity contribution in [3.05, 3.63) is 33.2 Å². The van der Waals surface area contributed by atoms with Crippen LogP contribution in [-0.2, 0) is 7.05 Å². The van der Waals surface area contributed by atoms with Gasteiger partial charge in [0.15, 0.2) is 0 Å². The standard InChI is InChI=1S/C18H20ClN5O/c1-17-7-21-8-18(17,2)10-24(9-17)15-11(6-20)16(25)23(3)12-4-5-13(19)22-14(12)15/h4-5,21H,7-10H2,1-3H3/t17-,18+. The molecule has 2 fully saturated rings. The minimum Gasteiger partial charge on any atom is -0.367 e. The quantitative estimate of drug-likeness (QED) is 0.789. The second-order valence-electron chi connectivity index (χ2n) is 7.78. The lowest BCUT2D eigenvalue weighted by molar-refractivity contribution is 0.212. The highest BCUT2D eigenvalue weighted by atomic mass is 35.5. The highest BCUT2D eigenvalue weighted by molar-refractivity contribution is 6.29. The Balaban J connectivity index is 1.99. The second kappa shape index (κ2) is 5.20. The van der Waals surface area contributed by atoms with Gasteiger partial charge in [0.2, 0.25) is 0 Å². The van der Waals surface area contributed by atoms with Gasteiger partial charge in [-0.3, -0.25) is 4.79 Å². The highest BCUT2D eigenvalue weighted by Crippen LogP contribution is 2.50. The fourth-order valence-corrected chi connectivity index (χ4v) is 4.52. The van der Waals surface area contributed by atoms with Crippen LogP contribution in [0.25, 0.3) is 11.0 Å². The summed E-state index contributed by atoms with van der Waals surface area (Å²) in [5.74, 6) is 0. The fourth-order valence-electron chi connectivity index (χ4n) is 4.37. The van der Waals surface area contributed by atoms with Crippen LogP contribution in [0.3, 0.4) is 0 Å². The molecule has 0 unspecified atom stereocenters. The molecule has 2 aliphatic rings. The van der Waals surface area contributed by atoms with Crippen molar-refractivity contribution in [2.24, 2.45) is 17.9 Å². The van der Waals surface area contributed by atoms with E-state index in [0.717, 1.165) is 26.2 Å². The number of fused-ring (bicyclic) bond motifs is 2. The average Bonchev–Trinajstić information content (AvgIpc) is 2.97. The molecule has 6 nitrogen and oxygen atoms in total. The Morgan fingerprint density at radius 3 is 2.52 bits per heavy atom. The number of hydrogen-bond acceptors (Lipinski definition) is 5. The monoisotopic (exact) mass is 357 g/mol. The van der Waals surface area contributed by atoms with Gasteiger partial charge in [0.05, 0.1) is 11.2 Å². The molecule has 25 heavy (non-hydrogen) atoms. The molecule has 2 aliphatic heterocycles. The van der Waals surface area contributed by atoms with E-state index in [9.17, 15) is 10.1 Å². The van der Waals surface area contributed by atoms with Gasteiger partial charge in [-0.25, -0.2) is 4.98 Å². The van der Waals surface area contributed by atoms with Crippen molar-refractivity contribution in [2.75, 3.05) is 31.1 Å². The number of pyridine rings is 2. The van der Waals surface area contributed by atoms with Crippen LogP contribution in [0.2, 0.25) is 5.15 Å². The van der Waals surface area contributed by atoms with Gasteiger partial charge < -0.3 is 14.8 Å². The Morgan fingerprint density at radius 1 is 1.28 bits per heavy atom. The Kier molecular flexibility index (Phi) is 3.40. The molecule has 2 atom stereocenters. The molecule has 0 radical (unpaired) electrons. The maximum atomic E-state index is 12.7. The predicted molar refractivity (Wildman–Crippen MR) is 98.0 cm³/mol. The van der Waals surface area contributed by atoms with Gasteiger partial charge in [-0.05, 0) is 12.1 Å². The number of hydrogen-bond donors (Lipinski definition) is 1. The van der Waals surface area contributed by atoms with E-state index in [2.05, 4.69) is 35.1 Å². The van der Waals surface area contributed by atoms with Crippen LogP contribution < -0.4 is 15.8 Å². The molecule has 2 aromatic rings. The number of aryl methyl sites for hydroxylation is 1. The van der Waals surface area contributed by atoms with Crippen molar-refractivity contribution < 1.29 is 0 Å². The Hall–Kier alpha value is -2.10. The Morgan fingerprint density at radius 2 is 1.92 bits per heavy atom.